The number of halogens is 1. The fraction of sp³-hybridized carbons (Fsp3) is 0.571. The van der Waals surface area contributed by atoms with Gasteiger partial charge in [0.05, 0.1) is 12.5 Å². The molecule has 1 heterocycles. The molecule has 3 unspecified atom stereocenters. The lowest BCUT2D eigenvalue weighted by Crippen LogP contribution is -2.55. The molecule has 0 aromatic heterocycles. The third kappa shape index (κ3) is 6.63. The van der Waals surface area contributed by atoms with Crippen molar-refractivity contribution in [3.63, 3.8) is 0 Å². The SMILES string of the molecule is CCOC(=O)C1CCCN(C(=O)C(NC(=O)Nc2cccc(Cl)c2)C(C)CC)C1. The summed E-state index contributed by atoms with van der Waals surface area (Å²) in [5.74, 6) is -0.813. The van der Waals surface area contributed by atoms with Crippen molar-refractivity contribution in [3.8, 4) is 0 Å². The molecule has 2 rings (SSSR count). The second kappa shape index (κ2) is 11.0. The Kier molecular flexibility index (Phi) is 8.76. The number of carbonyl (C=O) groups excluding carboxylic acids is 3. The highest BCUT2D eigenvalue weighted by Crippen LogP contribution is 2.21. The van der Waals surface area contributed by atoms with E-state index in [1.54, 1.807) is 36.1 Å². The van der Waals surface area contributed by atoms with E-state index in [9.17, 15) is 14.4 Å². The van der Waals surface area contributed by atoms with Gasteiger partial charge < -0.3 is 20.3 Å². The van der Waals surface area contributed by atoms with Gasteiger partial charge in [0.25, 0.3) is 0 Å². The number of amides is 3. The van der Waals surface area contributed by atoms with Crippen molar-refractivity contribution in [2.24, 2.45) is 11.8 Å². The lowest BCUT2D eigenvalue weighted by atomic mass is 9.94. The summed E-state index contributed by atoms with van der Waals surface area (Å²) in [5, 5.41) is 6.03. The first kappa shape index (κ1) is 23.0. The molecule has 1 aliphatic rings. The predicted octanol–water partition coefficient (Wildman–Crippen LogP) is 3.68. The summed E-state index contributed by atoms with van der Waals surface area (Å²) in [5.41, 5.74) is 0.547. The minimum Gasteiger partial charge on any atom is -0.466 e. The molecule has 7 nitrogen and oxygen atoms in total. The first-order valence-electron chi connectivity index (χ1n) is 10.1. The molecule has 0 radical (unpaired) electrons. The highest BCUT2D eigenvalue weighted by atomic mass is 35.5. The number of anilines is 1. The van der Waals surface area contributed by atoms with Gasteiger partial charge in [0.15, 0.2) is 0 Å². The van der Waals surface area contributed by atoms with E-state index in [4.69, 9.17) is 16.3 Å². The fourth-order valence-electron chi connectivity index (χ4n) is 3.38. The Balaban J connectivity index is 2.05. The zero-order chi connectivity index (χ0) is 21.4. The molecule has 2 N–H and O–H groups in total. The van der Waals surface area contributed by atoms with Gasteiger partial charge in [-0.1, -0.05) is 37.9 Å². The Labute approximate surface area is 177 Å². The molecule has 1 saturated heterocycles. The molecule has 0 spiro atoms. The maximum Gasteiger partial charge on any atom is 0.319 e. The fourth-order valence-corrected chi connectivity index (χ4v) is 3.57. The van der Waals surface area contributed by atoms with Crippen LogP contribution in [0.3, 0.4) is 0 Å². The number of likely N-dealkylation sites (tertiary alicyclic amines) is 1. The molecule has 1 aromatic carbocycles. The van der Waals surface area contributed by atoms with Crippen LogP contribution in [0.2, 0.25) is 5.02 Å². The molecule has 1 aliphatic heterocycles. The molecular weight excluding hydrogens is 394 g/mol. The Bertz CT molecular complexity index is 728. The van der Waals surface area contributed by atoms with E-state index < -0.39 is 12.1 Å². The maximum absolute atomic E-state index is 13.2. The van der Waals surface area contributed by atoms with Crippen LogP contribution in [0.25, 0.3) is 0 Å². The van der Waals surface area contributed by atoms with Crippen LogP contribution in [-0.4, -0.2) is 48.5 Å². The number of hydrogen-bond donors (Lipinski definition) is 2. The lowest BCUT2D eigenvalue weighted by Gasteiger charge is -2.35. The molecule has 0 saturated carbocycles. The third-order valence-corrected chi connectivity index (χ3v) is 5.44. The average molecular weight is 424 g/mol. The van der Waals surface area contributed by atoms with Gasteiger partial charge in [0.1, 0.15) is 6.04 Å². The first-order chi connectivity index (χ1) is 13.8. The normalized spacial score (nSPS) is 18.5. The van der Waals surface area contributed by atoms with E-state index in [1.807, 2.05) is 13.8 Å². The summed E-state index contributed by atoms with van der Waals surface area (Å²) in [4.78, 5) is 39.4. The number of urea groups is 1. The number of piperidine rings is 1. The van der Waals surface area contributed by atoms with Crippen molar-refractivity contribution in [3.05, 3.63) is 29.3 Å². The maximum atomic E-state index is 13.2. The molecule has 3 atom stereocenters. The van der Waals surface area contributed by atoms with Crippen molar-refractivity contribution in [1.82, 2.24) is 10.2 Å². The number of nitrogens with one attached hydrogen (secondary N) is 2. The van der Waals surface area contributed by atoms with E-state index in [-0.39, 0.29) is 23.7 Å². The Hall–Kier alpha value is -2.28. The molecule has 0 aliphatic carbocycles. The van der Waals surface area contributed by atoms with Crippen LogP contribution in [0.5, 0.6) is 0 Å². The van der Waals surface area contributed by atoms with Gasteiger partial charge in [0.2, 0.25) is 5.91 Å². The van der Waals surface area contributed by atoms with Gasteiger partial charge in [-0.05, 0) is 43.9 Å². The molecule has 3 amide bonds. The summed E-state index contributed by atoms with van der Waals surface area (Å²) in [6.45, 7) is 6.88. The van der Waals surface area contributed by atoms with Crippen LogP contribution < -0.4 is 10.6 Å². The van der Waals surface area contributed by atoms with Gasteiger partial charge in [-0.2, -0.15) is 0 Å². The van der Waals surface area contributed by atoms with E-state index in [2.05, 4.69) is 10.6 Å². The molecule has 8 heteroatoms. The zero-order valence-electron chi connectivity index (χ0n) is 17.2. The Morgan fingerprint density at radius 3 is 2.72 bits per heavy atom. The number of esters is 1. The molecule has 0 bridgehead atoms. The van der Waals surface area contributed by atoms with Crippen molar-refractivity contribution >= 4 is 35.2 Å². The van der Waals surface area contributed by atoms with Crippen molar-refractivity contribution in [2.45, 2.75) is 46.1 Å². The Morgan fingerprint density at radius 2 is 2.07 bits per heavy atom. The van der Waals surface area contributed by atoms with Crippen LogP contribution in [0.15, 0.2) is 24.3 Å². The number of rotatable bonds is 7. The number of ether oxygens (including phenoxy) is 1. The van der Waals surface area contributed by atoms with E-state index >= 15 is 0 Å². The van der Waals surface area contributed by atoms with Crippen molar-refractivity contribution in [1.29, 1.82) is 0 Å². The van der Waals surface area contributed by atoms with Gasteiger partial charge in [-0.15, -0.1) is 0 Å². The van der Waals surface area contributed by atoms with E-state index in [0.717, 1.165) is 12.8 Å². The van der Waals surface area contributed by atoms with Crippen LogP contribution in [-0.2, 0) is 14.3 Å². The number of benzene rings is 1. The number of hydrogen-bond acceptors (Lipinski definition) is 4. The largest absolute Gasteiger partial charge is 0.466 e. The van der Waals surface area contributed by atoms with Gasteiger partial charge in [-0.25, -0.2) is 4.79 Å². The quantitative estimate of drug-likeness (QED) is 0.655. The topological polar surface area (TPSA) is 87.7 Å². The molecule has 160 valence electrons. The van der Waals surface area contributed by atoms with Gasteiger partial charge in [0, 0.05) is 23.8 Å². The minimum absolute atomic E-state index is 0.0596. The van der Waals surface area contributed by atoms with Crippen LogP contribution in [0.4, 0.5) is 10.5 Å². The molecular formula is C21H30ClN3O4. The van der Waals surface area contributed by atoms with Crippen molar-refractivity contribution in [2.75, 3.05) is 25.0 Å². The minimum atomic E-state index is -0.680. The summed E-state index contributed by atoms with van der Waals surface area (Å²) >= 11 is 5.95. The van der Waals surface area contributed by atoms with Gasteiger partial charge in [-0.3, -0.25) is 9.59 Å². The van der Waals surface area contributed by atoms with E-state index in [1.165, 1.54) is 0 Å². The monoisotopic (exact) mass is 423 g/mol. The van der Waals surface area contributed by atoms with Crippen molar-refractivity contribution < 1.29 is 19.1 Å². The summed E-state index contributed by atoms with van der Waals surface area (Å²) in [6.07, 6.45) is 2.17. The van der Waals surface area contributed by atoms with E-state index in [0.29, 0.717) is 36.8 Å². The first-order valence-corrected chi connectivity index (χ1v) is 10.5. The van der Waals surface area contributed by atoms with Crippen LogP contribution in [0.1, 0.15) is 40.0 Å². The predicted molar refractivity (Wildman–Crippen MR) is 113 cm³/mol. The lowest BCUT2D eigenvalue weighted by molar-refractivity contribution is -0.151. The molecule has 1 fully saturated rings. The molecule has 29 heavy (non-hydrogen) atoms. The summed E-state index contributed by atoms with van der Waals surface area (Å²) in [7, 11) is 0. The highest BCUT2D eigenvalue weighted by Gasteiger charge is 2.35. The highest BCUT2D eigenvalue weighted by molar-refractivity contribution is 6.30. The second-order valence-electron chi connectivity index (χ2n) is 7.35. The standard InChI is InChI=1S/C21H30ClN3O4/c1-4-14(3)18(24-21(28)23-17-10-6-9-16(22)12-17)19(26)25-11-7-8-15(13-25)20(27)29-5-2/h6,9-10,12,14-15,18H,4-5,7-8,11,13H2,1-3H3,(H2,23,24,28). The summed E-state index contributed by atoms with van der Waals surface area (Å²) < 4.78 is 5.11. The number of carbonyl (C=O) groups is 3. The van der Waals surface area contributed by atoms with Crippen LogP contribution in [0, 0.1) is 11.8 Å². The Morgan fingerprint density at radius 1 is 1.31 bits per heavy atom. The summed E-state index contributed by atoms with van der Waals surface area (Å²) in [6, 6.07) is 5.66. The molecule has 1 aromatic rings. The number of nitrogens with zero attached hydrogens (tertiary/aromatic N) is 1. The van der Waals surface area contributed by atoms with Crippen LogP contribution >= 0.6 is 11.6 Å². The third-order valence-electron chi connectivity index (χ3n) is 5.20. The van der Waals surface area contributed by atoms with Gasteiger partial charge >= 0.3 is 12.0 Å². The second-order valence-corrected chi connectivity index (χ2v) is 7.78. The smallest absolute Gasteiger partial charge is 0.319 e. The zero-order valence-corrected chi connectivity index (χ0v) is 18.0. The average Bonchev–Trinajstić information content (AvgIpc) is 2.71.